The standard InChI is InChI=1S/C15H21ClN6/c16-14-4-8-22(19-14)7-2-1-6-20-9-11-21(12-10-20)15-3-5-17-13-18-15/h3-5,8,13H,1-2,6-7,9-12H2. The van der Waals surface area contributed by atoms with Gasteiger partial charge in [-0.2, -0.15) is 5.10 Å². The maximum atomic E-state index is 5.81. The lowest BCUT2D eigenvalue weighted by Crippen LogP contribution is -2.46. The van der Waals surface area contributed by atoms with E-state index in [9.17, 15) is 0 Å². The fourth-order valence-corrected chi connectivity index (χ4v) is 2.90. The highest BCUT2D eigenvalue weighted by Gasteiger charge is 2.17. The SMILES string of the molecule is Clc1ccn(CCCCN2CCN(c3ccncn3)CC2)n1. The number of anilines is 1. The van der Waals surface area contributed by atoms with E-state index in [0.717, 1.165) is 51.5 Å². The molecule has 0 unspecified atom stereocenters. The van der Waals surface area contributed by atoms with E-state index < -0.39 is 0 Å². The number of unbranched alkanes of at least 4 members (excludes halogenated alkanes) is 1. The molecule has 7 heteroatoms. The average Bonchev–Trinajstić information content (AvgIpc) is 2.98. The van der Waals surface area contributed by atoms with Crippen LogP contribution >= 0.6 is 11.6 Å². The van der Waals surface area contributed by atoms with Crippen LogP contribution in [0.15, 0.2) is 30.9 Å². The van der Waals surface area contributed by atoms with E-state index in [1.165, 1.54) is 6.42 Å². The van der Waals surface area contributed by atoms with Gasteiger partial charge in [0.1, 0.15) is 12.1 Å². The van der Waals surface area contributed by atoms with Crippen LogP contribution in [0.3, 0.4) is 0 Å². The van der Waals surface area contributed by atoms with Gasteiger partial charge in [0, 0.05) is 45.1 Å². The summed E-state index contributed by atoms with van der Waals surface area (Å²) >= 11 is 5.81. The number of piperazine rings is 1. The molecule has 0 spiro atoms. The van der Waals surface area contributed by atoms with Crippen molar-refractivity contribution in [3.05, 3.63) is 36.0 Å². The van der Waals surface area contributed by atoms with Crippen LogP contribution in [0.4, 0.5) is 5.82 Å². The third kappa shape index (κ3) is 4.18. The van der Waals surface area contributed by atoms with Gasteiger partial charge in [-0.1, -0.05) is 11.6 Å². The summed E-state index contributed by atoms with van der Waals surface area (Å²) in [7, 11) is 0. The van der Waals surface area contributed by atoms with Crippen molar-refractivity contribution >= 4 is 17.4 Å². The summed E-state index contributed by atoms with van der Waals surface area (Å²) in [5.41, 5.74) is 0. The molecule has 1 fully saturated rings. The van der Waals surface area contributed by atoms with E-state index in [1.54, 1.807) is 12.5 Å². The third-order valence-corrected chi connectivity index (χ3v) is 4.18. The Labute approximate surface area is 135 Å². The van der Waals surface area contributed by atoms with E-state index in [0.29, 0.717) is 5.15 Å². The third-order valence-electron chi connectivity index (χ3n) is 3.98. The quantitative estimate of drug-likeness (QED) is 0.761. The summed E-state index contributed by atoms with van der Waals surface area (Å²) in [6.45, 7) is 6.34. The monoisotopic (exact) mass is 320 g/mol. The van der Waals surface area contributed by atoms with Crippen LogP contribution in [0.5, 0.6) is 0 Å². The summed E-state index contributed by atoms with van der Waals surface area (Å²) < 4.78 is 1.91. The van der Waals surface area contributed by atoms with Crippen molar-refractivity contribution in [3.63, 3.8) is 0 Å². The fraction of sp³-hybridized carbons (Fsp3) is 0.533. The van der Waals surface area contributed by atoms with Gasteiger partial charge >= 0.3 is 0 Å². The van der Waals surface area contributed by atoms with Gasteiger partial charge in [-0.15, -0.1) is 0 Å². The first-order valence-electron chi connectivity index (χ1n) is 7.73. The van der Waals surface area contributed by atoms with Gasteiger partial charge in [0.05, 0.1) is 0 Å². The van der Waals surface area contributed by atoms with Crippen molar-refractivity contribution in [2.75, 3.05) is 37.6 Å². The highest BCUT2D eigenvalue weighted by molar-refractivity contribution is 6.29. The Balaban J connectivity index is 1.34. The molecule has 0 amide bonds. The van der Waals surface area contributed by atoms with E-state index in [2.05, 4.69) is 24.9 Å². The predicted octanol–water partition coefficient (Wildman–Crippen LogP) is 1.93. The highest BCUT2D eigenvalue weighted by atomic mass is 35.5. The average molecular weight is 321 g/mol. The highest BCUT2D eigenvalue weighted by Crippen LogP contribution is 2.12. The minimum atomic E-state index is 0.570. The zero-order chi connectivity index (χ0) is 15.2. The molecule has 3 rings (SSSR count). The fourth-order valence-electron chi connectivity index (χ4n) is 2.74. The lowest BCUT2D eigenvalue weighted by atomic mass is 10.2. The van der Waals surface area contributed by atoms with Gasteiger partial charge < -0.3 is 4.90 Å². The Kier molecular flexibility index (Phi) is 5.24. The number of aryl methyl sites for hydroxylation is 1. The second-order valence-electron chi connectivity index (χ2n) is 5.50. The largest absolute Gasteiger partial charge is 0.354 e. The summed E-state index contributed by atoms with van der Waals surface area (Å²) in [5.74, 6) is 1.03. The maximum absolute atomic E-state index is 5.81. The van der Waals surface area contributed by atoms with Crippen LogP contribution in [-0.2, 0) is 6.54 Å². The first-order valence-corrected chi connectivity index (χ1v) is 8.11. The predicted molar refractivity (Wildman–Crippen MR) is 87.2 cm³/mol. The summed E-state index contributed by atoms with van der Waals surface area (Å²) in [4.78, 5) is 13.1. The molecule has 0 N–H and O–H groups in total. The molecule has 1 saturated heterocycles. The zero-order valence-electron chi connectivity index (χ0n) is 12.6. The van der Waals surface area contributed by atoms with Gasteiger partial charge in [0.2, 0.25) is 0 Å². The summed E-state index contributed by atoms with van der Waals surface area (Å²) in [6, 6.07) is 3.80. The van der Waals surface area contributed by atoms with Crippen LogP contribution < -0.4 is 4.90 Å². The first kappa shape index (κ1) is 15.2. The van der Waals surface area contributed by atoms with Gasteiger partial charge in [-0.3, -0.25) is 9.58 Å². The summed E-state index contributed by atoms with van der Waals surface area (Å²) in [5, 5.41) is 4.76. The molecule has 0 bridgehead atoms. The number of aromatic nitrogens is 4. The lowest BCUT2D eigenvalue weighted by molar-refractivity contribution is 0.250. The molecule has 0 aliphatic carbocycles. The Morgan fingerprint density at radius 3 is 2.55 bits per heavy atom. The minimum absolute atomic E-state index is 0.570. The Bertz CT molecular complexity index is 564. The molecule has 1 aliphatic heterocycles. The molecule has 2 aromatic heterocycles. The van der Waals surface area contributed by atoms with Crippen LogP contribution in [0.2, 0.25) is 5.15 Å². The maximum Gasteiger partial charge on any atom is 0.151 e. The first-order chi connectivity index (χ1) is 10.8. The van der Waals surface area contributed by atoms with Crippen molar-refractivity contribution in [2.45, 2.75) is 19.4 Å². The molecule has 2 aromatic rings. The molecular formula is C15H21ClN6. The molecule has 22 heavy (non-hydrogen) atoms. The Morgan fingerprint density at radius 1 is 1.05 bits per heavy atom. The number of nitrogens with zero attached hydrogens (tertiary/aromatic N) is 6. The van der Waals surface area contributed by atoms with Crippen molar-refractivity contribution in [2.24, 2.45) is 0 Å². The Hall–Kier alpha value is -1.66. The van der Waals surface area contributed by atoms with Crippen LogP contribution in [0.1, 0.15) is 12.8 Å². The zero-order valence-corrected chi connectivity index (χ0v) is 13.4. The van der Waals surface area contributed by atoms with Crippen molar-refractivity contribution in [1.29, 1.82) is 0 Å². The molecule has 0 atom stereocenters. The van der Waals surface area contributed by atoms with Gasteiger partial charge in [-0.05, 0) is 31.5 Å². The van der Waals surface area contributed by atoms with E-state index >= 15 is 0 Å². The molecule has 118 valence electrons. The van der Waals surface area contributed by atoms with Crippen LogP contribution in [-0.4, -0.2) is 57.4 Å². The second kappa shape index (κ2) is 7.56. The molecule has 0 saturated carbocycles. The minimum Gasteiger partial charge on any atom is -0.354 e. The topological polar surface area (TPSA) is 50.1 Å². The number of hydrogen-bond donors (Lipinski definition) is 0. The van der Waals surface area contributed by atoms with Crippen LogP contribution in [0, 0.1) is 0 Å². The van der Waals surface area contributed by atoms with E-state index in [1.807, 2.05) is 23.0 Å². The van der Waals surface area contributed by atoms with Crippen LogP contribution in [0.25, 0.3) is 0 Å². The smallest absolute Gasteiger partial charge is 0.151 e. The van der Waals surface area contributed by atoms with Gasteiger partial charge in [-0.25, -0.2) is 9.97 Å². The lowest BCUT2D eigenvalue weighted by Gasteiger charge is -2.35. The molecule has 1 aliphatic rings. The molecule has 0 aromatic carbocycles. The molecule has 6 nitrogen and oxygen atoms in total. The molecular weight excluding hydrogens is 300 g/mol. The summed E-state index contributed by atoms with van der Waals surface area (Å²) in [6.07, 6.45) is 7.66. The van der Waals surface area contributed by atoms with Gasteiger partial charge in [0.15, 0.2) is 5.15 Å². The normalized spacial score (nSPS) is 16.1. The number of hydrogen-bond acceptors (Lipinski definition) is 5. The van der Waals surface area contributed by atoms with E-state index in [-0.39, 0.29) is 0 Å². The second-order valence-corrected chi connectivity index (χ2v) is 5.89. The number of halogens is 1. The van der Waals surface area contributed by atoms with Crippen molar-refractivity contribution in [3.8, 4) is 0 Å². The molecule has 3 heterocycles. The van der Waals surface area contributed by atoms with Gasteiger partial charge in [0.25, 0.3) is 0 Å². The van der Waals surface area contributed by atoms with E-state index in [4.69, 9.17) is 11.6 Å². The van der Waals surface area contributed by atoms with Crippen molar-refractivity contribution < 1.29 is 0 Å². The van der Waals surface area contributed by atoms with Crippen molar-refractivity contribution in [1.82, 2.24) is 24.6 Å². The Morgan fingerprint density at radius 2 is 1.86 bits per heavy atom. The molecule has 0 radical (unpaired) electrons. The number of rotatable bonds is 6.